The molecule has 0 saturated heterocycles. The molecule has 0 spiro atoms. The zero-order chi connectivity index (χ0) is 11.8. The minimum atomic E-state index is 0.236. The fourth-order valence-electron chi connectivity index (χ4n) is 1.44. The molecule has 1 aromatic carbocycles. The van der Waals surface area contributed by atoms with Crippen LogP contribution in [0.25, 0.3) is 0 Å². The Bertz CT molecular complexity index is 302. The van der Waals surface area contributed by atoms with Gasteiger partial charge in [-0.25, -0.2) is 0 Å². The smallest absolute Gasteiger partial charge is 0.119 e. The maximum absolute atomic E-state index is 8.65. The van der Waals surface area contributed by atoms with Crippen LogP contribution in [0.15, 0.2) is 24.3 Å². The highest BCUT2D eigenvalue weighted by Gasteiger charge is 2.03. The molecule has 0 heterocycles. The Morgan fingerprint density at radius 1 is 1.38 bits per heavy atom. The lowest BCUT2D eigenvalue weighted by Crippen LogP contribution is -2.12. The summed E-state index contributed by atoms with van der Waals surface area (Å²) in [6.45, 7) is 3.02. The molecule has 3 heteroatoms. The number of rotatable bonds is 7. The van der Waals surface area contributed by atoms with Crippen molar-refractivity contribution in [2.24, 2.45) is 0 Å². The average molecular weight is 223 g/mol. The number of ether oxygens (including phenoxy) is 1. The molecular weight excluding hydrogens is 202 g/mol. The molecule has 90 valence electrons. The summed E-state index contributed by atoms with van der Waals surface area (Å²) in [4.78, 5) is 0. The number of unbranched alkanes of at least 4 members (excludes halogenated alkanes) is 1. The number of hydrogen-bond acceptors (Lipinski definition) is 3. The highest BCUT2D eigenvalue weighted by molar-refractivity contribution is 5.30. The van der Waals surface area contributed by atoms with E-state index in [4.69, 9.17) is 9.84 Å². The maximum atomic E-state index is 8.65. The van der Waals surface area contributed by atoms with Gasteiger partial charge in [0.1, 0.15) is 5.75 Å². The zero-order valence-corrected chi connectivity index (χ0v) is 10.1. The lowest BCUT2D eigenvalue weighted by molar-refractivity contribution is 0.253. The fraction of sp³-hybridized carbons (Fsp3) is 0.538. The van der Waals surface area contributed by atoms with Crippen molar-refractivity contribution in [2.75, 3.05) is 20.3 Å². The van der Waals surface area contributed by atoms with Crippen molar-refractivity contribution < 1.29 is 9.84 Å². The van der Waals surface area contributed by atoms with Gasteiger partial charge in [-0.3, -0.25) is 0 Å². The van der Waals surface area contributed by atoms with Gasteiger partial charge in [0.2, 0.25) is 0 Å². The summed E-state index contributed by atoms with van der Waals surface area (Å²) in [6.07, 6.45) is 1.69. The highest BCUT2D eigenvalue weighted by atomic mass is 16.5. The molecule has 0 saturated carbocycles. The van der Waals surface area contributed by atoms with E-state index in [1.54, 1.807) is 0 Å². The van der Waals surface area contributed by atoms with Gasteiger partial charge in [0.25, 0.3) is 0 Å². The molecule has 3 nitrogen and oxygen atoms in total. The van der Waals surface area contributed by atoms with Crippen molar-refractivity contribution >= 4 is 0 Å². The Labute approximate surface area is 97.4 Å². The van der Waals surface area contributed by atoms with Crippen molar-refractivity contribution in [3.8, 4) is 5.75 Å². The molecule has 16 heavy (non-hydrogen) atoms. The van der Waals surface area contributed by atoms with E-state index in [-0.39, 0.29) is 6.61 Å². The quantitative estimate of drug-likeness (QED) is 0.696. The van der Waals surface area contributed by atoms with Crippen LogP contribution in [0.3, 0.4) is 0 Å². The van der Waals surface area contributed by atoms with Crippen LogP contribution in [0, 0.1) is 0 Å². The van der Waals surface area contributed by atoms with E-state index in [1.165, 1.54) is 5.56 Å². The summed E-state index contributed by atoms with van der Waals surface area (Å²) in [5, 5.41) is 11.8. The minimum Gasteiger partial charge on any atom is -0.494 e. The SMILES string of the molecule is CNC(C)c1cccc(OCCCCO)c1. The zero-order valence-electron chi connectivity index (χ0n) is 10.1. The van der Waals surface area contributed by atoms with Gasteiger partial charge in [0.15, 0.2) is 0 Å². The topological polar surface area (TPSA) is 41.5 Å². The summed E-state index contributed by atoms with van der Waals surface area (Å²) < 4.78 is 5.60. The van der Waals surface area contributed by atoms with E-state index >= 15 is 0 Å². The average Bonchev–Trinajstić information content (AvgIpc) is 2.34. The molecule has 0 bridgehead atoms. The van der Waals surface area contributed by atoms with Crippen LogP contribution in [0.5, 0.6) is 5.75 Å². The minimum absolute atomic E-state index is 0.236. The van der Waals surface area contributed by atoms with Gasteiger partial charge in [-0.15, -0.1) is 0 Å². The summed E-state index contributed by atoms with van der Waals surface area (Å²) in [7, 11) is 1.94. The first-order valence-corrected chi connectivity index (χ1v) is 5.79. The first-order chi connectivity index (χ1) is 7.77. The predicted molar refractivity (Wildman–Crippen MR) is 65.7 cm³/mol. The summed E-state index contributed by atoms with van der Waals surface area (Å²) in [5.74, 6) is 0.900. The Morgan fingerprint density at radius 3 is 2.88 bits per heavy atom. The summed E-state index contributed by atoms with van der Waals surface area (Å²) in [6, 6.07) is 8.44. The predicted octanol–water partition coefficient (Wildman–Crippen LogP) is 2.12. The molecule has 0 aromatic heterocycles. The normalized spacial score (nSPS) is 12.4. The van der Waals surface area contributed by atoms with Crippen LogP contribution in [-0.4, -0.2) is 25.4 Å². The largest absolute Gasteiger partial charge is 0.494 e. The molecule has 0 aliphatic carbocycles. The summed E-state index contributed by atoms with van der Waals surface area (Å²) >= 11 is 0. The van der Waals surface area contributed by atoms with Crippen molar-refractivity contribution in [3.63, 3.8) is 0 Å². The fourth-order valence-corrected chi connectivity index (χ4v) is 1.44. The summed E-state index contributed by atoms with van der Waals surface area (Å²) in [5.41, 5.74) is 1.22. The van der Waals surface area contributed by atoms with E-state index in [1.807, 2.05) is 19.2 Å². The van der Waals surface area contributed by atoms with E-state index in [2.05, 4.69) is 24.4 Å². The Hall–Kier alpha value is -1.06. The first-order valence-electron chi connectivity index (χ1n) is 5.79. The van der Waals surface area contributed by atoms with Gasteiger partial charge in [0, 0.05) is 12.6 Å². The Balaban J connectivity index is 2.47. The number of benzene rings is 1. The van der Waals surface area contributed by atoms with E-state index in [9.17, 15) is 0 Å². The van der Waals surface area contributed by atoms with Crippen molar-refractivity contribution in [1.82, 2.24) is 5.32 Å². The number of hydrogen-bond donors (Lipinski definition) is 2. The number of nitrogens with one attached hydrogen (secondary N) is 1. The van der Waals surface area contributed by atoms with Crippen LogP contribution in [0.4, 0.5) is 0 Å². The third-order valence-corrected chi connectivity index (χ3v) is 2.61. The lowest BCUT2D eigenvalue weighted by Gasteiger charge is -2.12. The number of aliphatic hydroxyl groups excluding tert-OH is 1. The molecule has 1 aromatic rings. The number of aliphatic hydroxyl groups is 1. The van der Waals surface area contributed by atoms with Crippen LogP contribution in [0.1, 0.15) is 31.4 Å². The monoisotopic (exact) mass is 223 g/mol. The highest BCUT2D eigenvalue weighted by Crippen LogP contribution is 2.18. The van der Waals surface area contributed by atoms with Gasteiger partial charge in [-0.05, 0) is 44.5 Å². The van der Waals surface area contributed by atoms with Crippen LogP contribution >= 0.6 is 0 Å². The Morgan fingerprint density at radius 2 is 2.19 bits per heavy atom. The van der Waals surface area contributed by atoms with Gasteiger partial charge >= 0.3 is 0 Å². The van der Waals surface area contributed by atoms with Crippen LogP contribution in [-0.2, 0) is 0 Å². The second-order valence-corrected chi connectivity index (χ2v) is 3.86. The van der Waals surface area contributed by atoms with Crippen molar-refractivity contribution in [3.05, 3.63) is 29.8 Å². The molecule has 0 amide bonds. The van der Waals surface area contributed by atoms with Crippen LogP contribution in [0.2, 0.25) is 0 Å². The lowest BCUT2D eigenvalue weighted by atomic mass is 10.1. The third kappa shape index (κ3) is 4.21. The standard InChI is InChI=1S/C13H21NO2/c1-11(14-2)12-6-5-7-13(10-12)16-9-4-3-8-15/h5-7,10-11,14-15H,3-4,8-9H2,1-2H3. The molecule has 0 fully saturated rings. The second kappa shape index (κ2) is 7.25. The van der Waals surface area contributed by atoms with Gasteiger partial charge in [-0.1, -0.05) is 12.1 Å². The molecule has 0 radical (unpaired) electrons. The first kappa shape index (κ1) is 13.0. The van der Waals surface area contributed by atoms with E-state index < -0.39 is 0 Å². The molecular formula is C13H21NO2. The Kier molecular flexibility index (Phi) is 5.90. The molecule has 0 aliphatic heterocycles. The molecule has 1 atom stereocenters. The molecule has 1 unspecified atom stereocenters. The van der Waals surface area contributed by atoms with Gasteiger partial charge in [0.05, 0.1) is 6.61 Å². The van der Waals surface area contributed by atoms with E-state index in [0.717, 1.165) is 18.6 Å². The molecule has 2 N–H and O–H groups in total. The molecule has 0 aliphatic rings. The van der Waals surface area contributed by atoms with Crippen LogP contribution < -0.4 is 10.1 Å². The maximum Gasteiger partial charge on any atom is 0.119 e. The van der Waals surface area contributed by atoms with Crippen molar-refractivity contribution in [2.45, 2.75) is 25.8 Å². The molecule has 1 rings (SSSR count). The van der Waals surface area contributed by atoms with Gasteiger partial charge in [-0.2, -0.15) is 0 Å². The second-order valence-electron chi connectivity index (χ2n) is 3.86. The van der Waals surface area contributed by atoms with Gasteiger partial charge < -0.3 is 15.2 Å². The van der Waals surface area contributed by atoms with Crippen molar-refractivity contribution in [1.29, 1.82) is 0 Å². The van der Waals surface area contributed by atoms with E-state index in [0.29, 0.717) is 12.6 Å². The third-order valence-electron chi connectivity index (χ3n) is 2.61.